The van der Waals surface area contributed by atoms with Gasteiger partial charge in [-0.05, 0) is 30.3 Å². The van der Waals surface area contributed by atoms with Crippen molar-refractivity contribution in [2.45, 2.75) is 25.1 Å². The standard InChI is InChI=1S/C23H22ClF7N4O4S/c24-17-4-3-16(40-17)22(38)32-8-15(34(9-18(25)26)11-23(29,30)31)21(37)33-12-1-2-14(13(7-12)20(27)28)35-5-6-39-10-19(35)36/h1-4,7,15,18,20H,5-6,8-11H2,(H,32,38)(H,33,37)/t15-/m1/s1. The summed E-state index contributed by atoms with van der Waals surface area (Å²) in [7, 11) is 0. The Morgan fingerprint density at radius 3 is 2.45 bits per heavy atom. The van der Waals surface area contributed by atoms with Gasteiger partial charge in [-0.15, -0.1) is 11.3 Å². The van der Waals surface area contributed by atoms with Crippen molar-refractivity contribution in [1.29, 1.82) is 0 Å². The molecule has 3 amide bonds. The minimum atomic E-state index is -4.99. The minimum absolute atomic E-state index is 0.0124. The molecule has 0 bridgehead atoms. The highest BCUT2D eigenvalue weighted by atomic mass is 35.5. The van der Waals surface area contributed by atoms with Crippen LogP contribution in [0.25, 0.3) is 0 Å². The number of nitrogens with zero attached hydrogens (tertiary/aromatic N) is 2. The highest BCUT2D eigenvalue weighted by molar-refractivity contribution is 7.18. The van der Waals surface area contributed by atoms with Gasteiger partial charge in [-0.25, -0.2) is 17.6 Å². The van der Waals surface area contributed by atoms with E-state index in [0.717, 1.165) is 34.4 Å². The van der Waals surface area contributed by atoms with Gasteiger partial charge in [0.05, 0.1) is 34.6 Å². The molecule has 17 heteroatoms. The smallest absolute Gasteiger partial charge is 0.370 e. The maximum Gasteiger partial charge on any atom is 0.401 e. The van der Waals surface area contributed by atoms with Crippen LogP contribution >= 0.6 is 22.9 Å². The Labute approximate surface area is 232 Å². The number of nitrogens with one attached hydrogen (secondary N) is 2. The number of halogens is 8. The number of carbonyl (C=O) groups excluding carboxylic acids is 3. The maximum atomic E-state index is 13.9. The largest absolute Gasteiger partial charge is 0.401 e. The number of anilines is 2. The first-order valence-corrected chi connectivity index (χ1v) is 12.7. The van der Waals surface area contributed by atoms with Gasteiger partial charge in [0.15, 0.2) is 0 Å². The first kappa shape index (κ1) is 31.6. The number of morpholine rings is 1. The van der Waals surface area contributed by atoms with Crippen molar-refractivity contribution in [2.24, 2.45) is 0 Å². The molecule has 1 atom stereocenters. The molecular formula is C23H22ClF7N4O4S. The van der Waals surface area contributed by atoms with E-state index < -0.39 is 68.0 Å². The molecule has 1 aliphatic heterocycles. The van der Waals surface area contributed by atoms with Crippen molar-refractivity contribution >= 4 is 52.0 Å². The van der Waals surface area contributed by atoms with E-state index in [2.05, 4.69) is 10.6 Å². The van der Waals surface area contributed by atoms with Gasteiger partial charge in [-0.3, -0.25) is 19.3 Å². The van der Waals surface area contributed by atoms with E-state index in [1.54, 1.807) is 0 Å². The van der Waals surface area contributed by atoms with Crippen molar-refractivity contribution in [1.82, 2.24) is 10.2 Å². The summed E-state index contributed by atoms with van der Waals surface area (Å²) < 4.78 is 99.0. The SMILES string of the molecule is O=C(NC[C@H](C(=O)Nc1ccc(N2CCOCC2=O)c(C(F)F)c1)N(CC(F)F)CC(F)(F)F)c1ccc(Cl)s1. The number of amides is 3. The predicted molar refractivity (Wildman–Crippen MR) is 132 cm³/mol. The molecule has 220 valence electrons. The lowest BCUT2D eigenvalue weighted by Gasteiger charge is -2.31. The average Bonchev–Trinajstić information content (AvgIpc) is 3.29. The van der Waals surface area contributed by atoms with Gasteiger partial charge in [-0.2, -0.15) is 13.2 Å². The molecule has 40 heavy (non-hydrogen) atoms. The Kier molecular flexibility index (Phi) is 10.7. The number of hydrogen-bond donors (Lipinski definition) is 2. The molecule has 3 rings (SSSR count). The van der Waals surface area contributed by atoms with Crippen LogP contribution in [-0.2, 0) is 14.3 Å². The van der Waals surface area contributed by atoms with Gasteiger partial charge < -0.3 is 20.3 Å². The van der Waals surface area contributed by atoms with Crippen molar-refractivity contribution in [3.05, 3.63) is 45.1 Å². The zero-order valence-corrected chi connectivity index (χ0v) is 21.9. The molecule has 1 aliphatic rings. The summed E-state index contributed by atoms with van der Waals surface area (Å²) >= 11 is 6.61. The van der Waals surface area contributed by atoms with Gasteiger partial charge in [0.2, 0.25) is 5.91 Å². The first-order chi connectivity index (χ1) is 18.7. The van der Waals surface area contributed by atoms with Crippen LogP contribution in [0.4, 0.5) is 42.1 Å². The molecule has 1 aromatic carbocycles. The second-order valence-electron chi connectivity index (χ2n) is 8.43. The summed E-state index contributed by atoms with van der Waals surface area (Å²) in [4.78, 5) is 38.9. The van der Waals surface area contributed by atoms with Crippen LogP contribution in [-0.4, -0.2) is 80.7 Å². The second-order valence-corrected chi connectivity index (χ2v) is 10.1. The third-order valence-corrected chi connectivity index (χ3v) is 6.79. The third kappa shape index (κ3) is 8.78. The summed E-state index contributed by atoms with van der Waals surface area (Å²) in [5.74, 6) is -2.68. The van der Waals surface area contributed by atoms with Crippen LogP contribution in [0.3, 0.4) is 0 Å². The summed E-state index contributed by atoms with van der Waals surface area (Å²) in [5, 5.41) is 4.39. The van der Waals surface area contributed by atoms with Crippen LogP contribution in [0.1, 0.15) is 21.7 Å². The zero-order valence-electron chi connectivity index (χ0n) is 20.3. The van der Waals surface area contributed by atoms with E-state index in [1.807, 2.05) is 0 Å². The fourth-order valence-corrected chi connectivity index (χ4v) is 4.82. The lowest BCUT2D eigenvalue weighted by molar-refractivity contribution is -0.157. The Bertz CT molecular complexity index is 1210. The van der Waals surface area contributed by atoms with Crippen LogP contribution in [0.5, 0.6) is 0 Å². The lowest BCUT2D eigenvalue weighted by atomic mass is 10.1. The molecule has 1 saturated heterocycles. The fraction of sp³-hybridized carbons (Fsp3) is 0.435. The van der Waals surface area contributed by atoms with E-state index in [-0.39, 0.29) is 45.2 Å². The summed E-state index contributed by atoms with van der Waals surface area (Å²) in [5.41, 5.74) is -1.11. The second kappa shape index (κ2) is 13.6. The number of thiophene rings is 1. The van der Waals surface area contributed by atoms with E-state index >= 15 is 0 Å². The molecule has 0 saturated carbocycles. The Morgan fingerprint density at radius 2 is 1.88 bits per heavy atom. The van der Waals surface area contributed by atoms with Crippen molar-refractivity contribution in [2.75, 3.05) is 49.6 Å². The third-order valence-electron chi connectivity index (χ3n) is 5.56. The van der Waals surface area contributed by atoms with Gasteiger partial charge in [-0.1, -0.05) is 11.6 Å². The van der Waals surface area contributed by atoms with Crippen molar-refractivity contribution in [3.63, 3.8) is 0 Å². The summed E-state index contributed by atoms with van der Waals surface area (Å²) in [6.45, 7) is -4.47. The zero-order chi connectivity index (χ0) is 29.6. The van der Waals surface area contributed by atoms with Gasteiger partial charge in [0, 0.05) is 24.3 Å². The molecule has 2 aromatic rings. The number of hydrogen-bond acceptors (Lipinski definition) is 6. The Hall–Kier alpha value is -2.95. The van der Waals surface area contributed by atoms with Crippen LogP contribution < -0.4 is 15.5 Å². The maximum absolute atomic E-state index is 13.9. The van der Waals surface area contributed by atoms with Crippen LogP contribution in [0, 0.1) is 0 Å². The van der Waals surface area contributed by atoms with E-state index in [0.29, 0.717) is 0 Å². The molecule has 1 aromatic heterocycles. The Morgan fingerprint density at radius 1 is 1.15 bits per heavy atom. The predicted octanol–water partition coefficient (Wildman–Crippen LogP) is 4.57. The molecule has 0 aliphatic carbocycles. The summed E-state index contributed by atoms with van der Waals surface area (Å²) in [6.07, 6.45) is -11.4. The van der Waals surface area contributed by atoms with Crippen molar-refractivity contribution < 1.29 is 49.9 Å². The number of ether oxygens (including phenoxy) is 1. The van der Waals surface area contributed by atoms with E-state index in [9.17, 15) is 45.1 Å². The molecule has 2 heterocycles. The first-order valence-electron chi connectivity index (χ1n) is 11.5. The highest BCUT2D eigenvalue weighted by Gasteiger charge is 2.38. The lowest BCUT2D eigenvalue weighted by Crippen LogP contribution is -2.54. The van der Waals surface area contributed by atoms with E-state index in [1.165, 1.54) is 12.1 Å². The van der Waals surface area contributed by atoms with E-state index in [4.69, 9.17) is 16.3 Å². The number of rotatable bonds is 11. The molecule has 0 spiro atoms. The monoisotopic (exact) mass is 618 g/mol. The number of carbonyl (C=O) groups is 3. The molecule has 8 nitrogen and oxygen atoms in total. The molecule has 1 fully saturated rings. The fourth-order valence-electron chi connectivity index (χ4n) is 3.86. The Balaban J connectivity index is 1.88. The molecule has 2 N–H and O–H groups in total. The molecular weight excluding hydrogens is 597 g/mol. The minimum Gasteiger partial charge on any atom is -0.370 e. The number of alkyl halides is 7. The van der Waals surface area contributed by atoms with Crippen molar-refractivity contribution in [3.8, 4) is 0 Å². The van der Waals surface area contributed by atoms with Gasteiger partial charge in [0.25, 0.3) is 24.7 Å². The molecule has 0 radical (unpaired) electrons. The van der Waals surface area contributed by atoms with Gasteiger partial charge >= 0.3 is 6.18 Å². The summed E-state index contributed by atoms with van der Waals surface area (Å²) in [6, 6.07) is 3.79. The quantitative estimate of drug-likeness (QED) is 0.360. The van der Waals surface area contributed by atoms with Crippen LogP contribution in [0.15, 0.2) is 30.3 Å². The van der Waals surface area contributed by atoms with Gasteiger partial charge in [0.1, 0.15) is 12.6 Å². The normalized spacial score (nSPS) is 15.2. The molecule has 0 unspecified atom stereocenters. The van der Waals surface area contributed by atoms with Crippen LogP contribution in [0.2, 0.25) is 4.34 Å². The average molecular weight is 619 g/mol. The topological polar surface area (TPSA) is 91.0 Å². The highest BCUT2D eigenvalue weighted by Crippen LogP contribution is 2.33. The number of benzene rings is 1.